The van der Waals surface area contributed by atoms with Crippen molar-refractivity contribution in [1.82, 2.24) is 4.98 Å². The summed E-state index contributed by atoms with van der Waals surface area (Å²) >= 11 is 0. The van der Waals surface area contributed by atoms with E-state index in [9.17, 15) is 8.42 Å². The maximum Gasteiger partial charge on any atom is 0.264 e. The summed E-state index contributed by atoms with van der Waals surface area (Å²) in [6.07, 6.45) is 3.44. The number of aromatic nitrogens is 1. The highest BCUT2D eigenvalue weighted by molar-refractivity contribution is 7.85. The summed E-state index contributed by atoms with van der Waals surface area (Å²) < 4.78 is 29.3. The fraction of sp³-hybridized carbons (Fsp3) is 0.375. The van der Waals surface area contributed by atoms with E-state index in [0.29, 0.717) is 24.3 Å². The van der Waals surface area contributed by atoms with Crippen LogP contribution in [0, 0.1) is 0 Å². The molecule has 0 unspecified atom stereocenters. The quantitative estimate of drug-likeness (QED) is 0.499. The maximum atomic E-state index is 10.4. The Labute approximate surface area is 88.3 Å². The lowest BCUT2D eigenvalue weighted by atomic mass is 10.3. The topological polar surface area (TPSA) is 105 Å². The molecule has 7 heteroatoms. The second kappa shape index (κ2) is 4.94. The average Bonchev–Trinajstić information content (AvgIpc) is 2.13. The molecule has 4 N–H and O–H groups in total. The summed E-state index contributed by atoms with van der Waals surface area (Å²) in [6, 6.07) is 1.64. The third-order valence-electron chi connectivity index (χ3n) is 1.75. The zero-order chi connectivity index (χ0) is 11.3. The molecule has 15 heavy (non-hydrogen) atoms. The number of hydrogen-bond donors (Lipinski definition) is 3. The standard InChI is InChI=1S/C8H13N3O3S/c9-7-2-4-10-6-8(7)11-3-1-5-15(12,13)14/h2,4,6,11H,1,3,5H2,(H2,9,10)(H,12,13,14). The van der Waals surface area contributed by atoms with Crippen molar-refractivity contribution in [2.75, 3.05) is 23.3 Å². The van der Waals surface area contributed by atoms with E-state index in [4.69, 9.17) is 10.3 Å². The molecular weight excluding hydrogens is 218 g/mol. The Balaban J connectivity index is 2.36. The fourth-order valence-corrected chi connectivity index (χ4v) is 1.54. The van der Waals surface area contributed by atoms with Crippen molar-refractivity contribution in [3.05, 3.63) is 18.5 Å². The summed E-state index contributed by atoms with van der Waals surface area (Å²) in [5.74, 6) is -0.264. The van der Waals surface area contributed by atoms with E-state index >= 15 is 0 Å². The van der Waals surface area contributed by atoms with E-state index in [0.717, 1.165) is 0 Å². The average molecular weight is 231 g/mol. The Morgan fingerprint density at radius 2 is 2.27 bits per heavy atom. The Hall–Kier alpha value is -1.34. The van der Waals surface area contributed by atoms with Gasteiger partial charge in [0.1, 0.15) is 0 Å². The molecular formula is C8H13N3O3S. The molecule has 84 valence electrons. The van der Waals surface area contributed by atoms with Crippen LogP contribution >= 0.6 is 0 Å². The van der Waals surface area contributed by atoms with Gasteiger partial charge in [-0.15, -0.1) is 0 Å². The highest BCUT2D eigenvalue weighted by atomic mass is 32.2. The summed E-state index contributed by atoms with van der Waals surface area (Å²) in [5.41, 5.74) is 6.83. The number of nitrogens with two attached hydrogens (primary N) is 1. The molecule has 0 amide bonds. The molecule has 0 fully saturated rings. The first-order chi connectivity index (χ1) is 6.99. The number of nitrogens with one attached hydrogen (secondary N) is 1. The monoisotopic (exact) mass is 231 g/mol. The highest BCUT2D eigenvalue weighted by Gasteiger charge is 2.03. The number of hydrogen-bond acceptors (Lipinski definition) is 5. The first-order valence-electron chi connectivity index (χ1n) is 4.37. The molecule has 0 aliphatic carbocycles. The molecule has 0 aromatic carbocycles. The Bertz CT molecular complexity index is 419. The lowest BCUT2D eigenvalue weighted by Crippen LogP contribution is -2.11. The molecule has 0 aliphatic heterocycles. The summed E-state index contributed by atoms with van der Waals surface area (Å²) in [5, 5.41) is 2.92. The number of nitrogens with zero attached hydrogens (tertiary/aromatic N) is 1. The van der Waals surface area contributed by atoms with Crippen molar-refractivity contribution in [2.24, 2.45) is 0 Å². The molecule has 0 aliphatic rings. The maximum absolute atomic E-state index is 10.4. The van der Waals surface area contributed by atoms with Crippen molar-refractivity contribution >= 4 is 21.5 Å². The Morgan fingerprint density at radius 3 is 2.87 bits per heavy atom. The van der Waals surface area contributed by atoms with Crippen LogP contribution in [0.5, 0.6) is 0 Å². The van der Waals surface area contributed by atoms with Gasteiger partial charge < -0.3 is 11.1 Å². The van der Waals surface area contributed by atoms with Gasteiger partial charge >= 0.3 is 0 Å². The molecule has 1 rings (SSSR count). The van der Waals surface area contributed by atoms with Gasteiger partial charge in [0, 0.05) is 12.7 Å². The molecule has 1 heterocycles. The highest BCUT2D eigenvalue weighted by Crippen LogP contribution is 2.14. The van der Waals surface area contributed by atoms with Crippen LogP contribution in [0.15, 0.2) is 18.5 Å². The van der Waals surface area contributed by atoms with Gasteiger partial charge in [-0.2, -0.15) is 8.42 Å². The van der Waals surface area contributed by atoms with Gasteiger partial charge in [0.25, 0.3) is 10.1 Å². The lowest BCUT2D eigenvalue weighted by Gasteiger charge is -2.07. The predicted octanol–water partition coefficient (Wildman–Crippen LogP) is 0.354. The number of anilines is 2. The van der Waals surface area contributed by atoms with Gasteiger partial charge in [-0.05, 0) is 12.5 Å². The molecule has 6 nitrogen and oxygen atoms in total. The molecule has 0 radical (unpaired) electrons. The minimum Gasteiger partial charge on any atom is -0.397 e. The lowest BCUT2D eigenvalue weighted by molar-refractivity contribution is 0.481. The molecule has 0 bridgehead atoms. The number of nitrogen functional groups attached to an aromatic ring is 1. The zero-order valence-electron chi connectivity index (χ0n) is 8.05. The molecule has 1 aromatic rings. The molecule has 0 spiro atoms. The van der Waals surface area contributed by atoms with Gasteiger partial charge in [0.05, 0.1) is 23.3 Å². The van der Waals surface area contributed by atoms with Crippen molar-refractivity contribution < 1.29 is 13.0 Å². The summed E-state index contributed by atoms with van der Waals surface area (Å²) in [4.78, 5) is 3.86. The fourth-order valence-electron chi connectivity index (χ4n) is 1.03. The van der Waals surface area contributed by atoms with Crippen molar-refractivity contribution in [1.29, 1.82) is 0 Å². The van der Waals surface area contributed by atoms with Crippen LogP contribution in [-0.2, 0) is 10.1 Å². The van der Waals surface area contributed by atoms with Crippen LogP contribution in [-0.4, -0.2) is 30.3 Å². The minimum absolute atomic E-state index is 0.264. The third kappa shape index (κ3) is 4.61. The Kier molecular flexibility index (Phi) is 3.87. The van der Waals surface area contributed by atoms with E-state index in [1.54, 1.807) is 18.5 Å². The zero-order valence-corrected chi connectivity index (χ0v) is 8.87. The Morgan fingerprint density at radius 1 is 1.53 bits per heavy atom. The molecule has 1 aromatic heterocycles. The normalized spacial score (nSPS) is 11.3. The first-order valence-corrected chi connectivity index (χ1v) is 5.98. The van der Waals surface area contributed by atoms with Crippen LogP contribution in [0.1, 0.15) is 6.42 Å². The number of pyridine rings is 1. The first kappa shape index (κ1) is 11.7. The minimum atomic E-state index is -3.88. The van der Waals surface area contributed by atoms with E-state index < -0.39 is 10.1 Å². The van der Waals surface area contributed by atoms with Crippen LogP contribution < -0.4 is 11.1 Å². The second-order valence-corrected chi connectivity index (χ2v) is 4.60. The molecule has 0 saturated heterocycles. The SMILES string of the molecule is Nc1ccncc1NCCCS(=O)(=O)O. The smallest absolute Gasteiger partial charge is 0.264 e. The van der Waals surface area contributed by atoms with Crippen LogP contribution in [0.25, 0.3) is 0 Å². The van der Waals surface area contributed by atoms with Crippen molar-refractivity contribution in [3.8, 4) is 0 Å². The van der Waals surface area contributed by atoms with Gasteiger partial charge in [0.2, 0.25) is 0 Å². The van der Waals surface area contributed by atoms with Crippen LogP contribution in [0.3, 0.4) is 0 Å². The summed E-state index contributed by atoms with van der Waals surface area (Å²) in [6.45, 7) is 0.412. The third-order valence-corrected chi connectivity index (χ3v) is 2.55. The van der Waals surface area contributed by atoms with E-state index in [1.165, 1.54) is 0 Å². The molecule has 0 saturated carbocycles. The van der Waals surface area contributed by atoms with Gasteiger partial charge in [-0.25, -0.2) is 0 Å². The van der Waals surface area contributed by atoms with Crippen LogP contribution in [0.2, 0.25) is 0 Å². The predicted molar refractivity (Wildman–Crippen MR) is 58.2 cm³/mol. The van der Waals surface area contributed by atoms with Crippen molar-refractivity contribution in [2.45, 2.75) is 6.42 Å². The van der Waals surface area contributed by atoms with Crippen LogP contribution in [0.4, 0.5) is 11.4 Å². The van der Waals surface area contributed by atoms with Gasteiger partial charge in [-0.3, -0.25) is 9.54 Å². The number of rotatable bonds is 5. The van der Waals surface area contributed by atoms with E-state index in [1.807, 2.05) is 0 Å². The van der Waals surface area contributed by atoms with Gasteiger partial charge in [0.15, 0.2) is 0 Å². The largest absolute Gasteiger partial charge is 0.397 e. The summed E-state index contributed by atoms with van der Waals surface area (Å²) in [7, 11) is -3.88. The molecule has 0 atom stereocenters. The van der Waals surface area contributed by atoms with Crippen molar-refractivity contribution in [3.63, 3.8) is 0 Å². The second-order valence-electron chi connectivity index (χ2n) is 3.03. The van der Waals surface area contributed by atoms with E-state index in [2.05, 4.69) is 10.3 Å². The van der Waals surface area contributed by atoms with Gasteiger partial charge in [-0.1, -0.05) is 0 Å². The van der Waals surface area contributed by atoms with E-state index in [-0.39, 0.29) is 5.75 Å².